The Balaban J connectivity index is 0.627. The SMILES string of the molecule is C=C1NC2CSC(CCCCC(=O)NCCCCCC(=O)NCCCCCC(=O)NC3CCN(c4nc(N5CCC(NC(C)=O)CC5)nc(N5CCC(NC(=O)CCCCCNC(=O)CCCCCNC(=O)CCCC[C@@H]6SCC7NC(=O)NC76)CC5)n4)CC3)C2N1. The smallest absolute Gasteiger partial charge is 0.315 e. The van der Waals surface area contributed by atoms with Gasteiger partial charge in [-0.25, -0.2) is 4.79 Å². The number of fused-ring (bicyclic) bond motifs is 2. The van der Waals surface area contributed by atoms with E-state index in [1.54, 1.807) is 6.92 Å². The summed E-state index contributed by atoms with van der Waals surface area (Å²) in [6.07, 6.45) is 23.2. The maximum atomic E-state index is 13.1. The fourth-order valence-electron chi connectivity index (χ4n) is 13.6. The summed E-state index contributed by atoms with van der Waals surface area (Å²) in [5.74, 6) is 5.17. The van der Waals surface area contributed by atoms with Gasteiger partial charge in [0.15, 0.2) is 0 Å². The highest BCUT2D eigenvalue weighted by atomic mass is 32.2. The zero-order chi connectivity index (χ0) is 64.9. The summed E-state index contributed by atoms with van der Waals surface area (Å²) >= 11 is 3.91. The molecule has 0 saturated carbocycles. The first-order chi connectivity index (χ1) is 44.7. The van der Waals surface area contributed by atoms with Crippen LogP contribution in [0, 0.1) is 0 Å². The molecule has 92 heavy (non-hydrogen) atoms. The van der Waals surface area contributed by atoms with Crippen molar-refractivity contribution < 1.29 is 38.4 Å². The Morgan fingerprint density at radius 3 is 1.12 bits per heavy atom. The van der Waals surface area contributed by atoms with Gasteiger partial charge in [-0.05, 0) is 116 Å². The number of aromatic nitrogens is 3. The van der Waals surface area contributed by atoms with Crippen molar-refractivity contribution in [2.45, 2.75) is 252 Å². The molecule has 5 unspecified atom stereocenters. The van der Waals surface area contributed by atoms with Gasteiger partial charge in [0.1, 0.15) is 0 Å². The molecule has 7 aliphatic heterocycles. The first kappa shape index (κ1) is 71.9. The molecular formula is C65H109N17O8S2. The molecule has 8 rings (SSSR count). The lowest BCUT2D eigenvalue weighted by Gasteiger charge is -2.36. The molecule has 6 atom stereocenters. The van der Waals surface area contributed by atoms with Crippen LogP contribution in [0.25, 0.3) is 0 Å². The van der Waals surface area contributed by atoms with E-state index in [1.165, 1.54) is 0 Å². The first-order valence-electron chi connectivity index (χ1n) is 35.2. The molecule has 514 valence electrons. The van der Waals surface area contributed by atoms with Crippen LogP contribution in [-0.4, -0.2) is 192 Å². The molecule has 0 aliphatic carbocycles. The molecular weight excluding hydrogens is 1210 g/mol. The third-order valence-corrected chi connectivity index (χ3v) is 21.9. The number of nitrogens with zero attached hydrogens (tertiary/aromatic N) is 6. The Morgan fingerprint density at radius 1 is 0.424 bits per heavy atom. The number of nitrogens with one attached hydrogen (secondary N) is 11. The molecule has 0 aromatic carbocycles. The van der Waals surface area contributed by atoms with Crippen molar-refractivity contribution in [2.24, 2.45) is 0 Å². The number of hydrogen-bond donors (Lipinski definition) is 11. The van der Waals surface area contributed by atoms with E-state index in [-0.39, 0.29) is 77.6 Å². The molecule has 8 heterocycles. The third kappa shape index (κ3) is 25.1. The minimum absolute atomic E-state index is 0.0283. The quantitative estimate of drug-likeness (QED) is 0.0315. The van der Waals surface area contributed by atoms with Crippen LogP contribution in [-0.2, 0) is 33.6 Å². The van der Waals surface area contributed by atoms with Gasteiger partial charge in [0.25, 0.3) is 0 Å². The average molecular weight is 1320 g/mol. The number of thioether (sulfide) groups is 2. The van der Waals surface area contributed by atoms with Crippen LogP contribution in [0.4, 0.5) is 22.6 Å². The lowest BCUT2D eigenvalue weighted by atomic mass is 10.0. The van der Waals surface area contributed by atoms with Crippen LogP contribution in [0.15, 0.2) is 12.4 Å². The third-order valence-electron chi connectivity index (χ3n) is 18.9. The van der Waals surface area contributed by atoms with Crippen molar-refractivity contribution in [3.63, 3.8) is 0 Å². The summed E-state index contributed by atoms with van der Waals surface area (Å²) in [5.41, 5.74) is 0. The van der Waals surface area contributed by atoms with Crippen LogP contribution in [0.1, 0.15) is 200 Å². The summed E-state index contributed by atoms with van der Waals surface area (Å²) in [5, 5.41) is 35.5. The van der Waals surface area contributed by atoms with E-state index in [4.69, 9.17) is 15.0 Å². The second kappa shape index (κ2) is 39.0. The van der Waals surface area contributed by atoms with Crippen LogP contribution in [0.2, 0.25) is 0 Å². The molecule has 0 bridgehead atoms. The molecule has 0 radical (unpaired) electrons. The minimum Gasteiger partial charge on any atom is -0.367 e. The van der Waals surface area contributed by atoms with E-state index in [0.717, 1.165) is 171 Å². The summed E-state index contributed by atoms with van der Waals surface area (Å²) < 4.78 is 0. The van der Waals surface area contributed by atoms with E-state index in [1.807, 2.05) is 23.5 Å². The highest BCUT2D eigenvalue weighted by molar-refractivity contribution is 8.00. The highest BCUT2D eigenvalue weighted by Gasteiger charge is 2.43. The summed E-state index contributed by atoms with van der Waals surface area (Å²) in [6, 6.07) is 1.51. The number of piperidine rings is 3. The zero-order valence-corrected chi connectivity index (χ0v) is 56.5. The fourth-order valence-corrected chi connectivity index (χ4v) is 16.7. The molecule has 25 nitrogen and oxygen atoms in total. The number of anilines is 3. The number of carbonyl (C=O) groups is 8. The van der Waals surface area contributed by atoms with Crippen molar-refractivity contribution >= 4 is 88.8 Å². The van der Waals surface area contributed by atoms with Gasteiger partial charge >= 0.3 is 6.03 Å². The lowest BCUT2D eigenvalue weighted by molar-refractivity contribution is -0.123. The molecule has 7 aliphatic rings. The predicted octanol–water partition coefficient (Wildman–Crippen LogP) is 4.66. The lowest BCUT2D eigenvalue weighted by Crippen LogP contribution is -2.47. The van der Waals surface area contributed by atoms with Crippen LogP contribution in [0.3, 0.4) is 0 Å². The Hall–Kier alpha value is -5.99. The van der Waals surface area contributed by atoms with Crippen molar-refractivity contribution in [3.8, 4) is 0 Å². The van der Waals surface area contributed by atoms with Crippen LogP contribution < -0.4 is 73.2 Å². The van der Waals surface area contributed by atoms with Crippen LogP contribution >= 0.6 is 23.5 Å². The van der Waals surface area contributed by atoms with Gasteiger partial charge < -0.3 is 73.2 Å². The average Bonchev–Trinajstić information content (AvgIpc) is 1.19. The minimum atomic E-state index is -0.0697. The van der Waals surface area contributed by atoms with E-state index in [0.29, 0.717) is 144 Å². The van der Waals surface area contributed by atoms with E-state index in [2.05, 4.69) is 79.8 Å². The monoisotopic (exact) mass is 1320 g/mol. The molecule has 1 aromatic heterocycles. The highest BCUT2D eigenvalue weighted by Crippen LogP contribution is 2.35. The Kier molecular flexibility index (Phi) is 30.5. The fraction of sp³-hybridized carbons (Fsp3) is 0.800. The summed E-state index contributed by atoms with van der Waals surface area (Å²) in [4.78, 5) is 121. The molecule has 27 heteroatoms. The topological polar surface area (TPSA) is 317 Å². The standard InChI is InChI=1S/C65H109N17O8S2/c1-45-70-50-43-91-52(60(50)71-45)19-11-13-23-56(86)68-33-15-3-7-21-54(84)66-35-17-5-9-25-58(88)73-48-29-39-81(40-30-48)63-77-62(80-37-27-47(28-38-80)72-46(2)83)78-64(79-63)82-41-31-49(32-42-82)74-59(89)26-10-6-18-36-67-55(85)22-8-4-16-34-69-57(87)24-14-12-20-53-61-51(44-92-53)75-65(90)76-61/h47-53,60-61,70-71H,1,3-44H2,2H3,(H,66,84)(H,67,85)(H,68,86)(H,69,87)(H,72,83)(H,73,88)(H,74,89)(H2,75,76,90)/t50?,51?,52?,53-,60?,61?/m0/s1. The zero-order valence-electron chi connectivity index (χ0n) is 54.9. The van der Waals surface area contributed by atoms with Crippen molar-refractivity contribution in [1.29, 1.82) is 0 Å². The van der Waals surface area contributed by atoms with Gasteiger partial charge in [0.05, 0.1) is 30.0 Å². The number of rotatable bonds is 40. The predicted molar refractivity (Wildman–Crippen MR) is 363 cm³/mol. The second-order valence-corrected chi connectivity index (χ2v) is 28.9. The number of unbranched alkanes of at least 4 members (excludes halogenated alkanes) is 10. The van der Waals surface area contributed by atoms with Gasteiger partial charge in [-0.1, -0.05) is 45.1 Å². The van der Waals surface area contributed by atoms with Gasteiger partial charge in [-0.15, -0.1) is 0 Å². The van der Waals surface area contributed by atoms with E-state index in [9.17, 15) is 38.4 Å². The maximum Gasteiger partial charge on any atom is 0.315 e. The molecule has 11 N–H and O–H groups in total. The van der Waals surface area contributed by atoms with Crippen LogP contribution in [0.5, 0.6) is 0 Å². The van der Waals surface area contributed by atoms with Crippen molar-refractivity contribution in [2.75, 3.05) is 91.7 Å². The maximum absolute atomic E-state index is 13.1. The molecule has 1 aromatic rings. The normalized spacial score (nSPS) is 22.3. The van der Waals surface area contributed by atoms with Gasteiger partial charge in [-0.2, -0.15) is 38.5 Å². The van der Waals surface area contributed by atoms with Gasteiger partial charge in [0.2, 0.25) is 59.2 Å². The van der Waals surface area contributed by atoms with Gasteiger partial charge in [-0.3, -0.25) is 33.6 Å². The Morgan fingerprint density at radius 2 is 0.750 bits per heavy atom. The number of amides is 9. The molecule has 0 spiro atoms. The number of carbonyl (C=O) groups excluding carboxylic acids is 8. The number of hydrogen-bond acceptors (Lipinski definition) is 18. The first-order valence-corrected chi connectivity index (χ1v) is 37.3. The van der Waals surface area contributed by atoms with Crippen molar-refractivity contribution in [3.05, 3.63) is 12.4 Å². The van der Waals surface area contributed by atoms with E-state index < -0.39 is 0 Å². The van der Waals surface area contributed by atoms with E-state index >= 15 is 0 Å². The number of urea groups is 1. The Labute approximate surface area is 554 Å². The molecule has 7 fully saturated rings. The summed E-state index contributed by atoms with van der Waals surface area (Å²) in [7, 11) is 0. The molecule has 9 amide bonds. The van der Waals surface area contributed by atoms with Crippen molar-refractivity contribution in [1.82, 2.24) is 73.4 Å². The molecule has 7 saturated heterocycles. The largest absolute Gasteiger partial charge is 0.367 e. The summed E-state index contributed by atoms with van der Waals surface area (Å²) in [6.45, 7) is 12.1. The van der Waals surface area contributed by atoms with Gasteiger partial charge in [0, 0.05) is 151 Å². The Bertz CT molecular complexity index is 2400. The second-order valence-electron chi connectivity index (χ2n) is 26.4.